The fourth-order valence-corrected chi connectivity index (χ4v) is 3.55. The van der Waals surface area contributed by atoms with Crippen LogP contribution in [0.1, 0.15) is 28.1 Å². The quantitative estimate of drug-likeness (QED) is 0.582. The van der Waals surface area contributed by atoms with Crippen molar-refractivity contribution in [2.45, 2.75) is 25.3 Å². The highest BCUT2D eigenvalue weighted by Gasteiger charge is 2.25. The highest BCUT2D eigenvalue weighted by Crippen LogP contribution is 2.34. The van der Waals surface area contributed by atoms with E-state index in [9.17, 15) is 10.0 Å². The molecule has 4 rings (SSSR count). The molecule has 6 heteroatoms. The number of aromatic nitrogens is 1. The van der Waals surface area contributed by atoms with Gasteiger partial charge >= 0.3 is 0 Å². The van der Waals surface area contributed by atoms with Gasteiger partial charge in [0.2, 0.25) is 0 Å². The highest BCUT2D eigenvalue weighted by molar-refractivity contribution is 6.05. The first kappa shape index (κ1) is 16.6. The first-order valence-electron chi connectivity index (χ1n) is 8.72. The van der Waals surface area contributed by atoms with Gasteiger partial charge in [-0.1, -0.05) is 0 Å². The zero-order valence-electron chi connectivity index (χ0n) is 14.9. The largest absolute Gasteiger partial charge is 0.619 e. The molecule has 0 bridgehead atoms. The average molecular weight is 351 g/mol. The zero-order chi connectivity index (χ0) is 18.3. The number of pyridine rings is 1. The number of hydrogen-bond donors (Lipinski definition) is 1. The van der Waals surface area contributed by atoms with Gasteiger partial charge in [-0.2, -0.15) is 4.73 Å². The number of carbonyl (C=O) groups excluding carboxylic acids is 1. The molecule has 1 aliphatic carbocycles. The molecule has 1 aromatic carbocycles. The first-order valence-corrected chi connectivity index (χ1v) is 8.72. The van der Waals surface area contributed by atoms with Gasteiger partial charge in [-0.05, 0) is 45.1 Å². The number of rotatable bonds is 3. The second kappa shape index (κ2) is 6.46. The number of benzene rings is 1. The molecule has 2 aromatic heterocycles. The van der Waals surface area contributed by atoms with Crippen molar-refractivity contribution < 1.29 is 13.9 Å². The van der Waals surface area contributed by atoms with E-state index in [-0.39, 0.29) is 5.91 Å². The lowest BCUT2D eigenvalue weighted by Gasteiger charge is -2.27. The minimum absolute atomic E-state index is 0.242. The summed E-state index contributed by atoms with van der Waals surface area (Å²) in [6, 6.07) is 9.24. The number of fused-ring (bicyclic) bond motifs is 3. The SMILES string of the molecule is CN(C)C1CCc2oc3ccc(NC(=O)c4cc[n+]([O-])cc4)cc3c2C1. The lowest BCUT2D eigenvalue weighted by molar-refractivity contribution is -0.605. The number of furan rings is 1. The molecule has 1 atom stereocenters. The predicted molar refractivity (Wildman–Crippen MR) is 99.1 cm³/mol. The van der Waals surface area contributed by atoms with E-state index in [1.165, 1.54) is 30.1 Å². The van der Waals surface area contributed by atoms with Gasteiger partial charge < -0.3 is 19.8 Å². The number of nitrogens with one attached hydrogen (secondary N) is 1. The van der Waals surface area contributed by atoms with E-state index in [1.807, 2.05) is 18.2 Å². The normalized spacial score (nSPS) is 16.7. The Balaban J connectivity index is 1.62. The topological polar surface area (TPSA) is 72.4 Å². The van der Waals surface area contributed by atoms with Crippen molar-refractivity contribution in [2.75, 3.05) is 19.4 Å². The van der Waals surface area contributed by atoms with Gasteiger partial charge in [0.1, 0.15) is 11.3 Å². The third-order valence-corrected chi connectivity index (χ3v) is 5.07. The van der Waals surface area contributed by atoms with Crippen LogP contribution in [0.4, 0.5) is 5.69 Å². The second-order valence-electron chi connectivity index (χ2n) is 6.98. The molecule has 0 spiro atoms. The highest BCUT2D eigenvalue weighted by atomic mass is 16.5. The fourth-order valence-electron chi connectivity index (χ4n) is 3.55. The van der Waals surface area contributed by atoms with Crippen LogP contribution in [0.15, 0.2) is 47.1 Å². The Bertz CT molecular complexity index is 960. The molecule has 2 heterocycles. The van der Waals surface area contributed by atoms with E-state index in [1.54, 1.807) is 0 Å². The van der Waals surface area contributed by atoms with E-state index in [0.29, 0.717) is 16.3 Å². The van der Waals surface area contributed by atoms with Gasteiger partial charge in [0.15, 0.2) is 12.4 Å². The van der Waals surface area contributed by atoms with Crippen molar-refractivity contribution in [1.82, 2.24) is 4.90 Å². The standard InChI is InChI=1S/C20H21N3O3/c1-22(2)15-4-6-19-17(12-15)16-11-14(3-5-18(16)26-19)21-20(24)13-7-9-23(25)10-8-13/h3,5,7-11,15H,4,6,12H2,1-2H3,(H,21,24). The summed E-state index contributed by atoms with van der Waals surface area (Å²) in [5.41, 5.74) is 3.27. The second-order valence-corrected chi connectivity index (χ2v) is 6.98. The van der Waals surface area contributed by atoms with Crippen LogP contribution in [-0.4, -0.2) is 30.9 Å². The molecule has 6 nitrogen and oxygen atoms in total. The molecule has 3 aromatic rings. The van der Waals surface area contributed by atoms with Crippen molar-refractivity contribution in [1.29, 1.82) is 0 Å². The minimum Gasteiger partial charge on any atom is -0.619 e. The van der Waals surface area contributed by atoms with Crippen molar-refractivity contribution in [2.24, 2.45) is 0 Å². The summed E-state index contributed by atoms with van der Waals surface area (Å²) in [6.45, 7) is 0. The van der Waals surface area contributed by atoms with Crippen molar-refractivity contribution in [3.63, 3.8) is 0 Å². The predicted octanol–water partition coefficient (Wildman–Crippen LogP) is 2.74. The molecule has 0 radical (unpaired) electrons. The maximum Gasteiger partial charge on any atom is 0.256 e. The average Bonchev–Trinajstić information content (AvgIpc) is 2.99. The molecular formula is C20H21N3O3. The van der Waals surface area contributed by atoms with Crippen LogP contribution in [0.3, 0.4) is 0 Å². The van der Waals surface area contributed by atoms with Gasteiger partial charge in [0.25, 0.3) is 5.91 Å². The molecule has 1 N–H and O–H groups in total. The maximum atomic E-state index is 12.4. The molecule has 0 saturated heterocycles. The summed E-state index contributed by atoms with van der Waals surface area (Å²) >= 11 is 0. The summed E-state index contributed by atoms with van der Waals surface area (Å²) in [5.74, 6) is 0.818. The van der Waals surface area contributed by atoms with Crippen LogP contribution < -0.4 is 10.0 Å². The van der Waals surface area contributed by atoms with Gasteiger partial charge in [-0.15, -0.1) is 0 Å². The Labute approximate surface area is 151 Å². The molecule has 1 aliphatic rings. The van der Waals surface area contributed by atoms with Crippen molar-refractivity contribution >= 4 is 22.6 Å². The van der Waals surface area contributed by atoms with Crippen LogP contribution in [0.25, 0.3) is 11.0 Å². The summed E-state index contributed by atoms with van der Waals surface area (Å²) in [7, 11) is 4.21. The molecule has 134 valence electrons. The fraction of sp³-hybridized carbons (Fsp3) is 0.300. The third kappa shape index (κ3) is 3.04. The molecule has 1 amide bonds. The summed E-state index contributed by atoms with van der Waals surface area (Å²) in [4.78, 5) is 14.6. The van der Waals surface area contributed by atoms with Crippen molar-refractivity contribution in [3.8, 4) is 0 Å². The van der Waals surface area contributed by atoms with Crippen LogP contribution in [-0.2, 0) is 12.8 Å². The zero-order valence-corrected chi connectivity index (χ0v) is 14.9. The van der Waals surface area contributed by atoms with Crippen LogP contribution in [0, 0.1) is 5.21 Å². The smallest absolute Gasteiger partial charge is 0.256 e. The summed E-state index contributed by atoms with van der Waals surface area (Å²) in [5, 5.41) is 15.1. The van der Waals surface area contributed by atoms with E-state index in [2.05, 4.69) is 24.3 Å². The Morgan fingerprint density at radius 2 is 2.04 bits per heavy atom. The molecule has 1 unspecified atom stereocenters. The number of carbonyl (C=O) groups is 1. The van der Waals surface area contributed by atoms with Crippen LogP contribution >= 0.6 is 0 Å². The number of likely N-dealkylation sites (N-methyl/N-ethyl adjacent to an activating group) is 1. The number of nitrogens with zero attached hydrogens (tertiary/aromatic N) is 2. The Kier molecular flexibility index (Phi) is 4.12. The first-order chi connectivity index (χ1) is 12.5. The number of hydrogen-bond acceptors (Lipinski definition) is 4. The van der Waals surface area contributed by atoms with Gasteiger partial charge in [-0.3, -0.25) is 4.79 Å². The van der Waals surface area contributed by atoms with Crippen LogP contribution in [0.2, 0.25) is 0 Å². The van der Waals surface area contributed by atoms with E-state index in [4.69, 9.17) is 4.42 Å². The summed E-state index contributed by atoms with van der Waals surface area (Å²) in [6.07, 6.45) is 5.61. The van der Waals surface area contributed by atoms with Crippen molar-refractivity contribution in [3.05, 3.63) is 64.8 Å². The molecule has 0 saturated carbocycles. The Morgan fingerprint density at radius 3 is 2.77 bits per heavy atom. The van der Waals surface area contributed by atoms with E-state index >= 15 is 0 Å². The number of aryl methyl sites for hydroxylation is 1. The lowest BCUT2D eigenvalue weighted by atomic mass is 9.91. The molecule has 0 fully saturated rings. The van der Waals surface area contributed by atoms with E-state index < -0.39 is 0 Å². The Hall–Kier alpha value is -2.86. The molecule has 26 heavy (non-hydrogen) atoms. The van der Waals surface area contributed by atoms with Gasteiger partial charge in [-0.25, -0.2) is 0 Å². The molecule has 0 aliphatic heterocycles. The number of anilines is 1. The van der Waals surface area contributed by atoms with E-state index in [0.717, 1.165) is 41.7 Å². The minimum atomic E-state index is -0.242. The third-order valence-electron chi connectivity index (χ3n) is 5.07. The lowest BCUT2D eigenvalue weighted by Crippen LogP contribution is -2.33. The number of amides is 1. The van der Waals surface area contributed by atoms with Gasteiger partial charge in [0, 0.05) is 41.2 Å². The monoisotopic (exact) mass is 351 g/mol. The molecular weight excluding hydrogens is 330 g/mol. The van der Waals surface area contributed by atoms with Crippen LogP contribution in [0.5, 0.6) is 0 Å². The van der Waals surface area contributed by atoms with Gasteiger partial charge in [0.05, 0.1) is 5.56 Å². The summed E-state index contributed by atoms with van der Waals surface area (Å²) < 4.78 is 6.66. The maximum absolute atomic E-state index is 12.4. The Morgan fingerprint density at radius 1 is 1.27 bits per heavy atom.